The molecule has 2 nitrogen and oxygen atoms in total. The summed E-state index contributed by atoms with van der Waals surface area (Å²) >= 11 is 0. The maximum atomic E-state index is 4.38. The molecule has 0 radical (unpaired) electrons. The minimum absolute atomic E-state index is 1.15. The monoisotopic (exact) mass is 382 g/mol. The van der Waals surface area contributed by atoms with Crippen LogP contribution < -0.4 is 0 Å². The SMILES string of the molecule is CCCCCCCCCCCCCCCCc1ccccn1.c1ccncc1. The van der Waals surface area contributed by atoms with Gasteiger partial charge in [-0.1, -0.05) is 103 Å². The van der Waals surface area contributed by atoms with Gasteiger partial charge in [-0.25, -0.2) is 0 Å². The second-order valence-electron chi connectivity index (χ2n) is 7.69. The van der Waals surface area contributed by atoms with E-state index in [0.717, 1.165) is 6.42 Å². The normalized spacial score (nSPS) is 10.3. The number of hydrogen-bond donors (Lipinski definition) is 0. The van der Waals surface area contributed by atoms with Crippen LogP contribution in [-0.4, -0.2) is 9.97 Å². The van der Waals surface area contributed by atoms with Gasteiger partial charge in [0, 0.05) is 24.3 Å². The second kappa shape index (κ2) is 20.0. The fourth-order valence-corrected chi connectivity index (χ4v) is 3.36. The molecule has 2 aromatic rings. The average Bonchev–Trinajstić information content (AvgIpc) is 2.76. The molecule has 2 heteroatoms. The summed E-state index contributed by atoms with van der Waals surface area (Å²) in [6.45, 7) is 2.29. The van der Waals surface area contributed by atoms with Crippen LogP contribution >= 0.6 is 0 Å². The molecule has 0 saturated carbocycles. The van der Waals surface area contributed by atoms with E-state index in [9.17, 15) is 0 Å². The third-order valence-corrected chi connectivity index (χ3v) is 5.08. The summed E-state index contributed by atoms with van der Waals surface area (Å²) in [5, 5.41) is 0. The van der Waals surface area contributed by atoms with Crippen molar-refractivity contribution in [3.8, 4) is 0 Å². The summed E-state index contributed by atoms with van der Waals surface area (Å²) in [5.41, 5.74) is 1.25. The van der Waals surface area contributed by atoms with Crippen molar-refractivity contribution in [3.05, 3.63) is 60.7 Å². The van der Waals surface area contributed by atoms with Crippen molar-refractivity contribution >= 4 is 0 Å². The summed E-state index contributed by atoms with van der Waals surface area (Å²) in [4.78, 5) is 8.16. The van der Waals surface area contributed by atoms with E-state index in [0.29, 0.717) is 0 Å². The van der Waals surface area contributed by atoms with Gasteiger partial charge >= 0.3 is 0 Å². The van der Waals surface area contributed by atoms with Crippen LogP contribution in [0.5, 0.6) is 0 Å². The third-order valence-electron chi connectivity index (χ3n) is 5.08. The maximum Gasteiger partial charge on any atom is 0.0403 e. The maximum absolute atomic E-state index is 4.38. The Bertz CT molecular complexity index is 486. The molecule has 0 unspecified atom stereocenters. The molecule has 0 saturated heterocycles. The molecule has 0 fully saturated rings. The van der Waals surface area contributed by atoms with Crippen LogP contribution in [0, 0.1) is 0 Å². The number of nitrogens with zero attached hydrogens (tertiary/aromatic N) is 2. The Balaban J connectivity index is 0.000000552. The topological polar surface area (TPSA) is 25.8 Å². The average molecular weight is 383 g/mol. The van der Waals surface area contributed by atoms with Gasteiger partial charge in [0.15, 0.2) is 0 Å². The molecule has 2 aromatic heterocycles. The van der Waals surface area contributed by atoms with Gasteiger partial charge in [-0.3, -0.25) is 9.97 Å². The molecule has 0 aliphatic rings. The van der Waals surface area contributed by atoms with Crippen molar-refractivity contribution in [2.45, 2.75) is 103 Å². The molecule has 0 spiro atoms. The Labute approximate surface area is 174 Å². The lowest BCUT2D eigenvalue weighted by molar-refractivity contribution is 0.535. The zero-order valence-electron chi connectivity index (χ0n) is 18.2. The molecule has 28 heavy (non-hydrogen) atoms. The van der Waals surface area contributed by atoms with E-state index in [1.165, 1.54) is 95.6 Å². The van der Waals surface area contributed by atoms with Crippen molar-refractivity contribution in [1.29, 1.82) is 0 Å². The van der Waals surface area contributed by atoms with Crippen LogP contribution in [0.25, 0.3) is 0 Å². The van der Waals surface area contributed by atoms with Crippen molar-refractivity contribution in [3.63, 3.8) is 0 Å². The van der Waals surface area contributed by atoms with Crippen molar-refractivity contribution in [1.82, 2.24) is 9.97 Å². The summed E-state index contributed by atoms with van der Waals surface area (Å²) in [7, 11) is 0. The largest absolute Gasteiger partial charge is 0.265 e. The fraction of sp³-hybridized carbons (Fsp3) is 0.615. The van der Waals surface area contributed by atoms with E-state index in [1.807, 2.05) is 30.5 Å². The highest BCUT2D eigenvalue weighted by atomic mass is 14.7. The Kier molecular flexibility index (Phi) is 17.4. The summed E-state index contributed by atoms with van der Waals surface area (Å²) in [6.07, 6.45) is 26.5. The van der Waals surface area contributed by atoms with Gasteiger partial charge in [0.05, 0.1) is 0 Å². The molecular weight excluding hydrogens is 340 g/mol. The molecule has 0 atom stereocenters. The fourth-order valence-electron chi connectivity index (χ4n) is 3.36. The molecule has 2 rings (SSSR count). The first kappa shape index (κ1) is 24.3. The number of pyridine rings is 2. The zero-order chi connectivity index (χ0) is 20.0. The Hall–Kier alpha value is -1.70. The van der Waals surface area contributed by atoms with Gasteiger partial charge in [-0.05, 0) is 37.1 Å². The van der Waals surface area contributed by atoms with Crippen LogP contribution in [0.2, 0.25) is 0 Å². The Morgan fingerprint density at radius 1 is 0.536 bits per heavy atom. The van der Waals surface area contributed by atoms with Gasteiger partial charge in [-0.2, -0.15) is 0 Å². The quantitative estimate of drug-likeness (QED) is 0.290. The number of hydrogen-bond acceptors (Lipinski definition) is 2. The van der Waals surface area contributed by atoms with Crippen molar-refractivity contribution in [2.75, 3.05) is 0 Å². The number of aryl methyl sites for hydroxylation is 1. The first-order chi connectivity index (χ1) is 13.9. The molecular formula is C26H42N2. The highest BCUT2D eigenvalue weighted by molar-refractivity contribution is 5.03. The highest BCUT2D eigenvalue weighted by Gasteiger charge is 1.95. The first-order valence-electron chi connectivity index (χ1n) is 11.7. The van der Waals surface area contributed by atoms with E-state index >= 15 is 0 Å². The number of rotatable bonds is 15. The smallest absolute Gasteiger partial charge is 0.0403 e. The van der Waals surface area contributed by atoms with Gasteiger partial charge in [0.1, 0.15) is 0 Å². The Morgan fingerprint density at radius 2 is 1.04 bits per heavy atom. The van der Waals surface area contributed by atoms with Crippen LogP contribution in [0.4, 0.5) is 0 Å². The molecule has 0 aliphatic carbocycles. The predicted molar refractivity (Wildman–Crippen MR) is 122 cm³/mol. The van der Waals surface area contributed by atoms with E-state index in [4.69, 9.17) is 0 Å². The van der Waals surface area contributed by atoms with Crippen LogP contribution in [0.15, 0.2) is 55.0 Å². The molecule has 0 amide bonds. The highest BCUT2D eigenvalue weighted by Crippen LogP contribution is 2.13. The molecule has 0 aliphatic heterocycles. The molecule has 0 aromatic carbocycles. The number of aromatic nitrogens is 2. The molecule has 0 N–H and O–H groups in total. The van der Waals surface area contributed by atoms with E-state index in [1.54, 1.807) is 12.4 Å². The van der Waals surface area contributed by atoms with E-state index in [-0.39, 0.29) is 0 Å². The van der Waals surface area contributed by atoms with Crippen LogP contribution in [0.1, 0.15) is 103 Å². The van der Waals surface area contributed by atoms with Crippen molar-refractivity contribution < 1.29 is 0 Å². The van der Waals surface area contributed by atoms with Gasteiger partial charge in [0.2, 0.25) is 0 Å². The summed E-state index contributed by atoms with van der Waals surface area (Å²) in [6, 6.07) is 11.9. The summed E-state index contributed by atoms with van der Waals surface area (Å²) < 4.78 is 0. The predicted octanol–water partition coefficient (Wildman–Crippen LogP) is 8.19. The van der Waals surface area contributed by atoms with Crippen molar-refractivity contribution in [2.24, 2.45) is 0 Å². The minimum Gasteiger partial charge on any atom is -0.265 e. The van der Waals surface area contributed by atoms with E-state index in [2.05, 4.69) is 29.0 Å². The van der Waals surface area contributed by atoms with Gasteiger partial charge < -0.3 is 0 Å². The lowest BCUT2D eigenvalue weighted by atomic mass is 10.0. The lowest BCUT2D eigenvalue weighted by Crippen LogP contribution is -1.89. The third kappa shape index (κ3) is 16.5. The lowest BCUT2D eigenvalue weighted by Gasteiger charge is -2.03. The first-order valence-corrected chi connectivity index (χ1v) is 11.7. The molecule has 156 valence electrons. The standard InChI is InChI=1S/C21H37N.C5H5N/c1-2-3-4-5-6-7-8-9-10-11-12-13-14-15-18-21-19-16-17-20-22-21;1-2-4-6-5-3-1/h16-17,19-20H,2-15,18H2,1H3;1-5H. The number of unbranched alkanes of at least 4 members (excludes halogenated alkanes) is 13. The van der Waals surface area contributed by atoms with Gasteiger partial charge in [-0.15, -0.1) is 0 Å². The van der Waals surface area contributed by atoms with Crippen LogP contribution in [-0.2, 0) is 6.42 Å². The second-order valence-corrected chi connectivity index (χ2v) is 7.69. The molecule has 0 bridgehead atoms. The molecule has 2 heterocycles. The zero-order valence-corrected chi connectivity index (χ0v) is 18.2. The minimum atomic E-state index is 1.15. The van der Waals surface area contributed by atoms with Gasteiger partial charge in [0.25, 0.3) is 0 Å². The van der Waals surface area contributed by atoms with Crippen LogP contribution in [0.3, 0.4) is 0 Å². The summed E-state index contributed by atoms with van der Waals surface area (Å²) in [5.74, 6) is 0. The Morgan fingerprint density at radius 3 is 1.43 bits per heavy atom. The van der Waals surface area contributed by atoms with E-state index < -0.39 is 0 Å².